The molecule has 0 radical (unpaired) electrons. The Kier molecular flexibility index (Phi) is 4.12. The van der Waals surface area contributed by atoms with E-state index in [1.54, 1.807) is 0 Å². The Balaban J connectivity index is 2.17. The fourth-order valence-electron chi connectivity index (χ4n) is 2.25. The van der Waals surface area contributed by atoms with E-state index >= 15 is 0 Å². The minimum Gasteiger partial charge on any atom is -0.497 e. The van der Waals surface area contributed by atoms with Gasteiger partial charge in [0.15, 0.2) is 9.84 Å². The summed E-state index contributed by atoms with van der Waals surface area (Å²) in [4.78, 5) is 10.4. The van der Waals surface area contributed by atoms with Gasteiger partial charge in [0.05, 0.1) is 23.0 Å². The number of sulfone groups is 1. The van der Waals surface area contributed by atoms with Crippen molar-refractivity contribution in [2.45, 2.75) is 18.1 Å². The highest BCUT2D eigenvalue weighted by Crippen LogP contribution is 2.29. The summed E-state index contributed by atoms with van der Waals surface area (Å²) in [6, 6.07) is 4.33. The highest BCUT2D eigenvalue weighted by atomic mass is 32.2. The van der Waals surface area contributed by atoms with E-state index in [1.807, 2.05) is 0 Å². The third-order valence-corrected chi connectivity index (χ3v) is 5.66. The number of hydrogen-bond donors (Lipinski definition) is 1. The van der Waals surface area contributed by atoms with Gasteiger partial charge >= 0.3 is 0 Å². The van der Waals surface area contributed by atoms with Crippen LogP contribution < -0.4 is 10.1 Å². The molecule has 1 unspecified atom stereocenters. The molecule has 1 aromatic carbocycles. The van der Waals surface area contributed by atoms with Gasteiger partial charge in [0.25, 0.3) is 5.69 Å². The van der Waals surface area contributed by atoms with Gasteiger partial charge in [-0.2, -0.15) is 0 Å². The van der Waals surface area contributed by atoms with Crippen LogP contribution in [0, 0.1) is 10.1 Å². The van der Waals surface area contributed by atoms with Crippen LogP contribution in [0.2, 0.25) is 0 Å². The number of ether oxygens (including phenoxy) is 1. The van der Waals surface area contributed by atoms with Gasteiger partial charge in [-0.15, -0.1) is 0 Å². The largest absolute Gasteiger partial charge is 0.497 e. The molecule has 2 rings (SSSR count). The number of nitrogens with zero attached hydrogens (tertiary/aromatic N) is 1. The molecule has 110 valence electrons. The molecule has 1 aliphatic rings. The van der Waals surface area contributed by atoms with Crippen molar-refractivity contribution < 1.29 is 18.1 Å². The van der Waals surface area contributed by atoms with Crippen LogP contribution in [-0.4, -0.2) is 38.0 Å². The van der Waals surface area contributed by atoms with E-state index in [0.717, 1.165) is 0 Å². The summed E-state index contributed by atoms with van der Waals surface area (Å²) < 4.78 is 28.5. The van der Waals surface area contributed by atoms with Crippen LogP contribution in [0.25, 0.3) is 0 Å². The van der Waals surface area contributed by atoms with E-state index in [4.69, 9.17) is 4.74 Å². The standard InChI is InChI=1S/C12H16N2O5S/c1-19-9-4-5-12(14(15)16)11(7-9)13-8-10-3-2-6-20(10,17)18/h4-5,7,10,13H,2-3,6,8H2,1H3. The van der Waals surface area contributed by atoms with Crippen molar-refractivity contribution in [3.8, 4) is 5.75 Å². The monoisotopic (exact) mass is 300 g/mol. The van der Waals surface area contributed by atoms with Crippen molar-refractivity contribution in [1.29, 1.82) is 0 Å². The molecule has 1 aliphatic heterocycles. The smallest absolute Gasteiger partial charge is 0.292 e. The second kappa shape index (κ2) is 5.66. The van der Waals surface area contributed by atoms with Crippen LogP contribution in [0.15, 0.2) is 18.2 Å². The molecule has 1 fully saturated rings. The van der Waals surface area contributed by atoms with Gasteiger partial charge in [0, 0.05) is 18.7 Å². The average molecular weight is 300 g/mol. The number of nitro benzene ring substituents is 1. The summed E-state index contributed by atoms with van der Waals surface area (Å²) in [7, 11) is -1.60. The van der Waals surface area contributed by atoms with Gasteiger partial charge < -0.3 is 10.1 Å². The molecule has 0 aromatic heterocycles. The molecule has 20 heavy (non-hydrogen) atoms. The Bertz CT molecular complexity index is 614. The predicted octanol–water partition coefficient (Wildman–Crippen LogP) is 1.59. The fourth-order valence-corrected chi connectivity index (χ4v) is 4.02. The van der Waals surface area contributed by atoms with E-state index in [2.05, 4.69) is 5.32 Å². The lowest BCUT2D eigenvalue weighted by Gasteiger charge is -2.12. The number of rotatable bonds is 5. The molecule has 8 heteroatoms. The van der Waals surface area contributed by atoms with Crippen LogP contribution in [0.5, 0.6) is 5.75 Å². The number of methoxy groups -OCH3 is 1. The third kappa shape index (κ3) is 3.01. The van der Waals surface area contributed by atoms with Crippen LogP contribution in [0.3, 0.4) is 0 Å². The molecular formula is C12H16N2O5S. The maximum Gasteiger partial charge on any atom is 0.292 e. The maximum atomic E-state index is 11.7. The first-order valence-electron chi connectivity index (χ1n) is 6.22. The van der Waals surface area contributed by atoms with Crippen molar-refractivity contribution in [3.63, 3.8) is 0 Å². The zero-order chi connectivity index (χ0) is 14.8. The Morgan fingerprint density at radius 3 is 2.80 bits per heavy atom. The van der Waals surface area contributed by atoms with Crippen molar-refractivity contribution in [2.75, 3.05) is 24.7 Å². The highest BCUT2D eigenvalue weighted by molar-refractivity contribution is 7.92. The number of nitrogens with one attached hydrogen (secondary N) is 1. The summed E-state index contributed by atoms with van der Waals surface area (Å²) in [5.41, 5.74) is 0.178. The molecule has 0 amide bonds. The number of nitro groups is 1. The average Bonchev–Trinajstić information content (AvgIpc) is 2.74. The van der Waals surface area contributed by atoms with Crippen molar-refractivity contribution >= 4 is 21.2 Å². The van der Waals surface area contributed by atoms with Crippen molar-refractivity contribution in [1.82, 2.24) is 0 Å². The molecule has 1 atom stereocenters. The molecule has 1 aromatic rings. The second-order valence-electron chi connectivity index (χ2n) is 4.65. The molecule has 0 bridgehead atoms. The van der Waals surface area contributed by atoms with Gasteiger partial charge in [-0.1, -0.05) is 0 Å². The van der Waals surface area contributed by atoms with Gasteiger partial charge in [-0.25, -0.2) is 8.42 Å². The Morgan fingerprint density at radius 1 is 1.50 bits per heavy atom. The van der Waals surface area contributed by atoms with E-state index in [-0.39, 0.29) is 23.7 Å². The molecule has 1 saturated heterocycles. The summed E-state index contributed by atoms with van der Waals surface area (Å²) in [6.45, 7) is 0.177. The summed E-state index contributed by atoms with van der Waals surface area (Å²) in [5.74, 6) is 0.673. The first-order valence-corrected chi connectivity index (χ1v) is 7.93. The lowest BCUT2D eigenvalue weighted by atomic mass is 10.2. The predicted molar refractivity (Wildman–Crippen MR) is 74.9 cm³/mol. The Hall–Kier alpha value is -1.83. The summed E-state index contributed by atoms with van der Waals surface area (Å²) in [5, 5.41) is 13.3. The SMILES string of the molecule is COc1ccc([N+](=O)[O-])c(NCC2CCCS2(=O)=O)c1. The van der Waals surface area contributed by atoms with Gasteiger partial charge in [-0.3, -0.25) is 10.1 Å². The topological polar surface area (TPSA) is 98.5 Å². The molecule has 0 saturated carbocycles. The van der Waals surface area contributed by atoms with Gasteiger partial charge in [-0.05, 0) is 18.9 Å². The van der Waals surface area contributed by atoms with E-state index < -0.39 is 20.0 Å². The summed E-state index contributed by atoms with van der Waals surface area (Å²) in [6.07, 6.45) is 1.24. The maximum absolute atomic E-state index is 11.7. The molecule has 1 heterocycles. The summed E-state index contributed by atoms with van der Waals surface area (Å²) >= 11 is 0. The molecule has 7 nitrogen and oxygen atoms in total. The minimum atomic E-state index is -3.07. The lowest BCUT2D eigenvalue weighted by Crippen LogP contribution is -2.25. The zero-order valence-electron chi connectivity index (χ0n) is 11.0. The van der Waals surface area contributed by atoms with Crippen LogP contribution in [0.1, 0.15) is 12.8 Å². The first kappa shape index (κ1) is 14.6. The molecule has 0 aliphatic carbocycles. The van der Waals surface area contributed by atoms with E-state index in [9.17, 15) is 18.5 Å². The quantitative estimate of drug-likeness (QED) is 0.655. The van der Waals surface area contributed by atoms with Crippen molar-refractivity contribution in [3.05, 3.63) is 28.3 Å². The number of anilines is 1. The van der Waals surface area contributed by atoms with Gasteiger partial charge in [0.2, 0.25) is 0 Å². The molecule has 0 spiro atoms. The number of hydrogen-bond acceptors (Lipinski definition) is 6. The normalized spacial score (nSPS) is 20.6. The fraction of sp³-hybridized carbons (Fsp3) is 0.500. The zero-order valence-corrected chi connectivity index (χ0v) is 11.9. The minimum absolute atomic E-state index is 0.0961. The highest BCUT2D eigenvalue weighted by Gasteiger charge is 2.31. The first-order chi connectivity index (χ1) is 9.44. The lowest BCUT2D eigenvalue weighted by molar-refractivity contribution is -0.384. The molecular weight excluding hydrogens is 284 g/mol. The molecule has 1 N–H and O–H groups in total. The van der Waals surface area contributed by atoms with Crippen LogP contribution in [0.4, 0.5) is 11.4 Å². The van der Waals surface area contributed by atoms with Gasteiger partial charge in [0.1, 0.15) is 11.4 Å². The van der Waals surface area contributed by atoms with E-state index in [1.165, 1.54) is 25.3 Å². The third-order valence-electron chi connectivity index (χ3n) is 3.38. The van der Waals surface area contributed by atoms with Crippen LogP contribution >= 0.6 is 0 Å². The number of benzene rings is 1. The Labute approximate surface area is 117 Å². The van der Waals surface area contributed by atoms with Crippen molar-refractivity contribution in [2.24, 2.45) is 0 Å². The Morgan fingerprint density at radius 2 is 2.25 bits per heavy atom. The second-order valence-corrected chi connectivity index (χ2v) is 7.05. The van der Waals surface area contributed by atoms with Crippen LogP contribution in [-0.2, 0) is 9.84 Å². The van der Waals surface area contributed by atoms with E-state index in [0.29, 0.717) is 18.6 Å².